The van der Waals surface area contributed by atoms with Crippen molar-refractivity contribution in [3.8, 4) is 0 Å². The first-order valence-electron chi connectivity index (χ1n) is 13.5. The van der Waals surface area contributed by atoms with Gasteiger partial charge in [-0.05, 0) is 30.9 Å². The molecule has 1 saturated heterocycles. The minimum Gasteiger partial charge on any atom is -0.394 e. The summed E-state index contributed by atoms with van der Waals surface area (Å²) in [4.78, 5) is 29.9. The lowest BCUT2D eigenvalue weighted by Gasteiger charge is -2.37. The summed E-state index contributed by atoms with van der Waals surface area (Å²) < 4.78 is 40.4. The molecular formula is C27H39ClF2N4O5. The van der Waals surface area contributed by atoms with E-state index in [1.807, 2.05) is 0 Å². The molecule has 39 heavy (non-hydrogen) atoms. The van der Waals surface area contributed by atoms with E-state index in [0.717, 1.165) is 37.8 Å². The lowest BCUT2D eigenvalue weighted by atomic mass is 9.83. The average Bonchev–Trinajstić information content (AvgIpc) is 3.29. The minimum atomic E-state index is -0.990. The first-order valence-corrected chi connectivity index (χ1v) is 13.5. The molecule has 2 heterocycles. The second kappa shape index (κ2) is 14.9. The molecule has 12 heteroatoms. The van der Waals surface area contributed by atoms with Crippen molar-refractivity contribution in [1.29, 1.82) is 0 Å². The van der Waals surface area contributed by atoms with Crippen LogP contribution in [-0.2, 0) is 20.8 Å². The molecule has 0 unspecified atom stereocenters. The number of aliphatic hydroxyl groups is 1. The van der Waals surface area contributed by atoms with Gasteiger partial charge in [0.25, 0.3) is 5.91 Å². The molecule has 0 radical (unpaired) electrons. The van der Waals surface area contributed by atoms with Gasteiger partial charge in [-0.15, -0.1) is 12.4 Å². The first-order chi connectivity index (χ1) is 18.4. The maximum atomic E-state index is 14.1. The maximum Gasteiger partial charge on any atom is 0.270 e. The summed E-state index contributed by atoms with van der Waals surface area (Å²) >= 11 is 0. The smallest absolute Gasteiger partial charge is 0.270 e. The van der Waals surface area contributed by atoms with Gasteiger partial charge in [-0.3, -0.25) is 9.59 Å². The molecule has 218 valence electrons. The predicted molar refractivity (Wildman–Crippen MR) is 145 cm³/mol. The van der Waals surface area contributed by atoms with E-state index in [1.165, 1.54) is 6.42 Å². The number of carbonyl (C=O) groups excluding carboxylic acids is 2. The number of aromatic nitrogens is 1. The monoisotopic (exact) mass is 572 g/mol. The molecule has 3 N–H and O–H groups in total. The standard InChI is InChI=1S/C27H38F2N4O5.ClH/c28-21-16-20-17-24(33(23(20)18-22(21)29)10-12-37-14-15-38-13-11-34)26(35)31-6-8-32(9-7-31)27(36)25(30)19-4-2-1-3-5-19;/h16-19,25,34H,1-15,30H2;1H/t25-;/m0./s1. The van der Waals surface area contributed by atoms with E-state index >= 15 is 0 Å². The van der Waals surface area contributed by atoms with E-state index in [0.29, 0.717) is 56.0 Å². The summed E-state index contributed by atoms with van der Waals surface area (Å²) in [5.74, 6) is -2.07. The number of nitrogens with zero attached hydrogens (tertiary/aromatic N) is 3. The fraction of sp³-hybridized carbons (Fsp3) is 0.630. The molecule has 2 aliphatic rings. The van der Waals surface area contributed by atoms with Crippen molar-refractivity contribution in [2.45, 2.75) is 44.7 Å². The largest absolute Gasteiger partial charge is 0.394 e. The Labute approximate surface area is 233 Å². The number of benzene rings is 1. The quantitative estimate of drug-likeness (QED) is 0.401. The molecule has 1 saturated carbocycles. The molecular weight excluding hydrogens is 534 g/mol. The number of piperazine rings is 1. The van der Waals surface area contributed by atoms with Crippen LogP contribution in [0.1, 0.15) is 42.6 Å². The van der Waals surface area contributed by atoms with Crippen LogP contribution in [0.4, 0.5) is 8.78 Å². The number of carbonyl (C=O) groups is 2. The number of fused-ring (bicyclic) bond motifs is 1. The molecule has 2 fully saturated rings. The Morgan fingerprint density at radius 2 is 1.54 bits per heavy atom. The van der Waals surface area contributed by atoms with Crippen molar-refractivity contribution in [3.63, 3.8) is 0 Å². The Morgan fingerprint density at radius 1 is 0.923 bits per heavy atom. The normalized spacial score (nSPS) is 17.3. The molecule has 1 aliphatic carbocycles. The van der Waals surface area contributed by atoms with Crippen molar-refractivity contribution < 1.29 is 33.0 Å². The number of hydrogen-bond donors (Lipinski definition) is 2. The third kappa shape index (κ3) is 7.67. The number of amides is 2. The average molecular weight is 573 g/mol. The summed E-state index contributed by atoms with van der Waals surface area (Å²) in [7, 11) is 0. The fourth-order valence-electron chi connectivity index (χ4n) is 5.41. The fourth-order valence-corrected chi connectivity index (χ4v) is 5.41. The van der Waals surface area contributed by atoms with Crippen LogP contribution in [0.25, 0.3) is 10.9 Å². The zero-order chi connectivity index (χ0) is 27.1. The maximum absolute atomic E-state index is 14.1. The molecule has 1 atom stereocenters. The molecule has 0 spiro atoms. The minimum absolute atomic E-state index is 0. The number of hydrogen-bond acceptors (Lipinski definition) is 6. The SMILES string of the molecule is Cl.N[C@H](C(=O)N1CCN(C(=O)c2cc3cc(F)c(F)cc3n2CCOCCOCCO)CC1)C1CCCCC1. The molecule has 1 aliphatic heterocycles. The Balaban J connectivity index is 0.00000420. The van der Waals surface area contributed by atoms with E-state index in [1.54, 1.807) is 20.4 Å². The van der Waals surface area contributed by atoms with Gasteiger partial charge in [-0.25, -0.2) is 8.78 Å². The van der Waals surface area contributed by atoms with E-state index in [2.05, 4.69) is 0 Å². The summed E-state index contributed by atoms with van der Waals surface area (Å²) in [6.45, 7) is 2.74. The van der Waals surface area contributed by atoms with E-state index in [-0.39, 0.29) is 56.5 Å². The van der Waals surface area contributed by atoms with Gasteiger partial charge < -0.3 is 34.7 Å². The van der Waals surface area contributed by atoms with E-state index < -0.39 is 17.7 Å². The van der Waals surface area contributed by atoms with Gasteiger partial charge in [0.2, 0.25) is 5.91 Å². The Morgan fingerprint density at radius 3 is 2.21 bits per heavy atom. The Hall–Kier alpha value is -2.31. The Bertz CT molecular complexity index is 1100. The molecule has 2 amide bonds. The van der Waals surface area contributed by atoms with Crippen molar-refractivity contribution in [3.05, 3.63) is 35.5 Å². The third-order valence-corrected chi connectivity index (χ3v) is 7.55. The summed E-state index contributed by atoms with van der Waals surface area (Å²) in [6.07, 6.45) is 5.38. The van der Waals surface area contributed by atoms with E-state index in [9.17, 15) is 18.4 Å². The molecule has 1 aromatic carbocycles. The van der Waals surface area contributed by atoms with Crippen LogP contribution >= 0.6 is 12.4 Å². The highest BCUT2D eigenvalue weighted by molar-refractivity contribution is 5.99. The summed E-state index contributed by atoms with van der Waals surface area (Å²) in [6, 6.07) is 3.25. The van der Waals surface area contributed by atoms with Gasteiger partial charge in [-0.2, -0.15) is 0 Å². The lowest BCUT2D eigenvalue weighted by molar-refractivity contribution is -0.135. The second-order valence-electron chi connectivity index (χ2n) is 10.00. The van der Waals surface area contributed by atoms with Crippen molar-refractivity contribution >= 4 is 35.1 Å². The highest BCUT2D eigenvalue weighted by Gasteiger charge is 2.33. The van der Waals surface area contributed by atoms with Gasteiger partial charge in [0.15, 0.2) is 11.6 Å². The molecule has 1 aromatic heterocycles. The van der Waals surface area contributed by atoms with Crippen LogP contribution in [0.5, 0.6) is 0 Å². The third-order valence-electron chi connectivity index (χ3n) is 7.55. The van der Waals surface area contributed by atoms with Gasteiger partial charge in [0.05, 0.1) is 44.6 Å². The second-order valence-corrected chi connectivity index (χ2v) is 10.00. The summed E-state index contributed by atoms with van der Waals surface area (Å²) in [5, 5.41) is 9.18. The first kappa shape index (κ1) is 31.2. The highest BCUT2D eigenvalue weighted by atomic mass is 35.5. The molecule has 9 nitrogen and oxygen atoms in total. The zero-order valence-corrected chi connectivity index (χ0v) is 23.0. The zero-order valence-electron chi connectivity index (χ0n) is 22.2. The van der Waals surface area contributed by atoms with Crippen LogP contribution in [0.2, 0.25) is 0 Å². The van der Waals surface area contributed by atoms with E-state index in [4.69, 9.17) is 20.3 Å². The Kier molecular flexibility index (Phi) is 11.9. The lowest BCUT2D eigenvalue weighted by Crippen LogP contribution is -2.56. The molecule has 4 rings (SSSR count). The van der Waals surface area contributed by atoms with Crippen molar-refractivity contribution in [1.82, 2.24) is 14.4 Å². The van der Waals surface area contributed by atoms with Gasteiger partial charge >= 0.3 is 0 Å². The van der Waals surface area contributed by atoms with Crippen LogP contribution < -0.4 is 5.73 Å². The van der Waals surface area contributed by atoms with Crippen LogP contribution in [-0.4, -0.2) is 96.5 Å². The van der Waals surface area contributed by atoms with Crippen molar-refractivity contribution in [2.75, 3.05) is 59.2 Å². The number of aliphatic hydroxyl groups excluding tert-OH is 1. The van der Waals surface area contributed by atoms with Gasteiger partial charge in [-0.1, -0.05) is 19.3 Å². The van der Waals surface area contributed by atoms with Crippen LogP contribution in [0.15, 0.2) is 18.2 Å². The topological polar surface area (TPSA) is 110 Å². The van der Waals surface area contributed by atoms with Crippen molar-refractivity contribution in [2.24, 2.45) is 11.7 Å². The molecule has 0 bridgehead atoms. The van der Waals surface area contributed by atoms with Gasteiger partial charge in [0, 0.05) is 44.2 Å². The van der Waals surface area contributed by atoms with Crippen LogP contribution in [0, 0.1) is 17.6 Å². The number of nitrogens with two attached hydrogens (primary N) is 1. The van der Waals surface area contributed by atoms with Crippen LogP contribution in [0.3, 0.4) is 0 Å². The number of halogens is 3. The summed E-state index contributed by atoms with van der Waals surface area (Å²) in [5.41, 5.74) is 7.03. The van der Waals surface area contributed by atoms with Gasteiger partial charge in [0.1, 0.15) is 5.69 Å². The number of ether oxygens (including phenoxy) is 2. The predicted octanol–water partition coefficient (Wildman–Crippen LogP) is 2.56. The number of rotatable bonds is 11. The molecule has 2 aromatic rings. The highest BCUT2D eigenvalue weighted by Crippen LogP contribution is 2.27.